The van der Waals surface area contributed by atoms with Gasteiger partial charge in [0.1, 0.15) is 12.7 Å². The number of hydrogen-bond acceptors (Lipinski definition) is 5. The van der Waals surface area contributed by atoms with Crippen molar-refractivity contribution in [3.8, 4) is 11.3 Å². The predicted octanol–water partition coefficient (Wildman–Crippen LogP) is 0.817. The number of benzene rings is 1. The first-order valence-corrected chi connectivity index (χ1v) is 10.8. The van der Waals surface area contributed by atoms with Crippen LogP contribution in [0.25, 0.3) is 16.1 Å². The van der Waals surface area contributed by atoms with Crippen molar-refractivity contribution in [2.45, 2.75) is 32.5 Å². The molecular weight excluding hydrogens is 402 g/mol. The summed E-state index contributed by atoms with van der Waals surface area (Å²) < 4.78 is 4.03. The highest BCUT2D eigenvalue weighted by Gasteiger charge is 2.58. The molecule has 154 valence electrons. The van der Waals surface area contributed by atoms with Gasteiger partial charge in [-0.15, -0.1) is 0 Å². The van der Waals surface area contributed by atoms with Gasteiger partial charge in [0, 0.05) is 22.4 Å². The zero-order valence-electron chi connectivity index (χ0n) is 16.6. The highest BCUT2D eigenvalue weighted by Crippen LogP contribution is 2.46. The number of rotatable bonds is 5. The van der Waals surface area contributed by atoms with Crippen LogP contribution in [0, 0.1) is 11.8 Å². The lowest BCUT2D eigenvalue weighted by Gasteiger charge is -2.47. The Kier molecular flexibility index (Phi) is 4.30. The molecule has 0 spiro atoms. The molecule has 3 aromatic rings. The first-order valence-electron chi connectivity index (χ1n) is 9.88. The highest BCUT2D eigenvalue weighted by molar-refractivity contribution is 7.15. The van der Waals surface area contributed by atoms with Gasteiger partial charge in [0.2, 0.25) is 17.1 Å². The third-order valence-corrected chi connectivity index (χ3v) is 7.14. The first kappa shape index (κ1) is 19.0. The topological polar surface area (TPSA) is 89.0 Å². The average Bonchev–Trinajstić information content (AvgIpc) is 3.34. The van der Waals surface area contributed by atoms with Crippen molar-refractivity contribution >= 4 is 28.0 Å². The van der Waals surface area contributed by atoms with Gasteiger partial charge in [0.15, 0.2) is 5.69 Å². The molecule has 2 aromatic heterocycles. The summed E-state index contributed by atoms with van der Waals surface area (Å²) in [5, 5.41) is 24.0. The van der Waals surface area contributed by atoms with Crippen molar-refractivity contribution in [1.82, 2.24) is 9.30 Å². The smallest absolute Gasteiger partial charge is 0.250 e. The van der Waals surface area contributed by atoms with E-state index in [0.29, 0.717) is 12.1 Å². The quantitative estimate of drug-likeness (QED) is 0.486. The van der Waals surface area contributed by atoms with Gasteiger partial charge in [-0.05, 0) is 6.92 Å². The van der Waals surface area contributed by atoms with Crippen LogP contribution < -0.4 is 9.67 Å². The molecule has 0 bridgehead atoms. The summed E-state index contributed by atoms with van der Waals surface area (Å²) in [6.07, 6.45) is 3.11. The summed E-state index contributed by atoms with van der Waals surface area (Å²) in [6, 6.07) is 9.73. The molecular formula is C22H21N3O4S. The summed E-state index contributed by atoms with van der Waals surface area (Å²) in [7, 11) is 0. The minimum atomic E-state index is -1.34. The molecule has 8 heteroatoms. The van der Waals surface area contributed by atoms with Gasteiger partial charge in [-0.2, -0.15) is 4.40 Å². The standard InChI is InChI=1S/C22H21N3O4S/c1-12-15(20(22(28)29)25-19(12)18(13(2)26)21(25)27)8-23-9-17-24(11-23)16(10-30-17)14-6-4-3-5-7-14/h3-7,9-13,18-19,26H,8H2,1-2H3/t12-,13+,18+,19+/m0/s1. The Balaban J connectivity index is 1.51. The van der Waals surface area contributed by atoms with Crippen molar-refractivity contribution in [2.24, 2.45) is 11.8 Å². The minimum absolute atomic E-state index is 0.0419. The monoisotopic (exact) mass is 423 g/mol. The van der Waals surface area contributed by atoms with Gasteiger partial charge in [-0.25, -0.2) is 4.57 Å². The Hall–Kier alpha value is -2.97. The second-order valence-electron chi connectivity index (χ2n) is 8.03. The average molecular weight is 423 g/mol. The zero-order valence-corrected chi connectivity index (χ0v) is 17.4. The summed E-state index contributed by atoms with van der Waals surface area (Å²) in [4.78, 5) is 26.7. The van der Waals surface area contributed by atoms with E-state index in [0.717, 1.165) is 16.1 Å². The number of carboxylic acids is 1. The number of nitrogens with zero attached hydrogens (tertiary/aromatic N) is 3. The number of β-lactam (4-membered cyclic amide) rings is 1. The second kappa shape index (κ2) is 6.78. The normalized spacial score (nSPS) is 24.3. The number of amides is 1. The number of fused-ring (bicyclic) bond motifs is 2. The molecule has 1 saturated heterocycles. The minimum Gasteiger partial charge on any atom is -0.543 e. The Labute approximate surface area is 177 Å². The second-order valence-corrected chi connectivity index (χ2v) is 8.92. The van der Waals surface area contributed by atoms with Gasteiger partial charge >= 0.3 is 0 Å². The fraction of sp³-hybridized carbons (Fsp3) is 0.318. The molecule has 2 aliphatic rings. The predicted molar refractivity (Wildman–Crippen MR) is 108 cm³/mol. The summed E-state index contributed by atoms with van der Waals surface area (Å²) >= 11 is 1.61. The number of carbonyl (C=O) groups excluding carboxylic acids is 2. The van der Waals surface area contributed by atoms with Crippen LogP contribution in [-0.2, 0) is 16.1 Å². The largest absolute Gasteiger partial charge is 0.543 e. The van der Waals surface area contributed by atoms with Gasteiger partial charge in [-0.1, -0.05) is 48.6 Å². The number of aromatic nitrogens is 2. The number of carbonyl (C=O) groups is 2. The van der Waals surface area contributed by atoms with E-state index in [-0.39, 0.29) is 23.6 Å². The van der Waals surface area contributed by atoms with Crippen molar-refractivity contribution in [1.29, 1.82) is 0 Å². The Bertz CT molecular complexity index is 1190. The van der Waals surface area contributed by atoms with E-state index in [4.69, 9.17) is 0 Å². The summed E-state index contributed by atoms with van der Waals surface area (Å²) in [5.74, 6) is -2.43. The number of imidazole rings is 1. The number of aliphatic carboxylic acids is 1. The van der Waals surface area contributed by atoms with Crippen molar-refractivity contribution in [2.75, 3.05) is 0 Å². The van der Waals surface area contributed by atoms with E-state index < -0.39 is 18.0 Å². The lowest BCUT2D eigenvalue weighted by Crippen LogP contribution is -2.64. The maximum atomic E-state index is 12.5. The maximum Gasteiger partial charge on any atom is 0.250 e. The summed E-state index contributed by atoms with van der Waals surface area (Å²) in [5.41, 5.74) is 2.78. The molecule has 4 atom stereocenters. The third kappa shape index (κ3) is 2.64. The van der Waals surface area contributed by atoms with Crippen LogP contribution in [0.5, 0.6) is 0 Å². The van der Waals surface area contributed by atoms with Crippen molar-refractivity contribution in [3.05, 3.63) is 59.5 Å². The van der Waals surface area contributed by atoms with Gasteiger partial charge in [0.25, 0.3) is 0 Å². The van der Waals surface area contributed by atoms with Crippen LogP contribution in [0.1, 0.15) is 13.8 Å². The van der Waals surface area contributed by atoms with Crippen LogP contribution in [-0.4, -0.2) is 38.4 Å². The highest BCUT2D eigenvalue weighted by atomic mass is 32.1. The Morgan fingerprint density at radius 2 is 2.07 bits per heavy atom. The molecule has 30 heavy (non-hydrogen) atoms. The number of aliphatic hydroxyl groups excluding tert-OH is 1. The van der Waals surface area contributed by atoms with Crippen LogP contribution in [0.15, 0.2) is 59.5 Å². The van der Waals surface area contributed by atoms with Gasteiger partial charge < -0.3 is 19.9 Å². The molecule has 1 aromatic carbocycles. The van der Waals surface area contributed by atoms with E-state index in [2.05, 4.69) is 9.78 Å². The molecule has 1 fully saturated rings. The van der Waals surface area contributed by atoms with Crippen LogP contribution >= 0.6 is 11.3 Å². The molecule has 2 aliphatic heterocycles. The van der Waals surface area contributed by atoms with E-state index >= 15 is 0 Å². The van der Waals surface area contributed by atoms with E-state index in [1.54, 1.807) is 18.3 Å². The lowest BCUT2D eigenvalue weighted by atomic mass is 9.78. The molecule has 1 N–H and O–H groups in total. The molecule has 4 heterocycles. The third-order valence-electron chi connectivity index (χ3n) is 6.26. The van der Waals surface area contributed by atoms with Crippen molar-refractivity contribution in [3.63, 3.8) is 0 Å². The molecule has 0 unspecified atom stereocenters. The fourth-order valence-electron chi connectivity index (χ4n) is 4.83. The SMILES string of the molecule is C[C@@H](O)[C@H]1C(=O)N2C(C(=O)[O-])=C(C[n+]3cc4scc(-c5ccccc5)n4c3)[C@H](C)[C@H]12. The van der Waals surface area contributed by atoms with E-state index in [1.165, 1.54) is 4.90 Å². The van der Waals surface area contributed by atoms with E-state index in [9.17, 15) is 19.8 Å². The maximum absolute atomic E-state index is 12.5. The number of aliphatic hydroxyl groups is 1. The van der Waals surface area contributed by atoms with Crippen molar-refractivity contribution < 1.29 is 24.4 Å². The summed E-state index contributed by atoms with van der Waals surface area (Å²) in [6.45, 7) is 3.84. The molecule has 7 nitrogen and oxygen atoms in total. The molecule has 0 radical (unpaired) electrons. The first-order chi connectivity index (χ1) is 14.4. The molecule has 0 saturated carbocycles. The zero-order chi connectivity index (χ0) is 21.2. The van der Waals surface area contributed by atoms with Crippen LogP contribution in [0.4, 0.5) is 0 Å². The molecule has 1 amide bonds. The Morgan fingerprint density at radius 1 is 1.33 bits per heavy atom. The van der Waals surface area contributed by atoms with Gasteiger partial charge in [-0.3, -0.25) is 4.79 Å². The lowest BCUT2D eigenvalue weighted by molar-refractivity contribution is -0.688. The van der Waals surface area contributed by atoms with Crippen LogP contribution in [0.2, 0.25) is 0 Å². The van der Waals surface area contributed by atoms with Gasteiger partial charge in [0.05, 0.1) is 29.7 Å². The Morgan fingerprint density at radius 3 is 2.73 bits per heavy atom. The van der Waals surface area contributed by atoms with E-state index in [1.807, 2.05) is 54.3 Å². The number of thiazole rings is 1. The van der Waals surface area contributed by atoms with Crippen LogP contribution in [0.3, 0.4) is 0 Å². The number of hydrogen-bond donors (Lipinski definition) is 1. The fourth-order valence-corrected chi connectivity index (χ4v) is 5.76. The molecule has 0 aliphatic carbocycles. The molecule has 5 rings (SSSR count). The number of carboxylic acid groups (broad SMARTS) is 1.